The van der Waals surface area contributed by atoms with E-state index in [1.54, 1.807) is 4.31 Å². The average molecular weight is 319 g/mol. The lowest BCUT2D eigenvalue weighted by Gasteiger charge is -2.26. The van der Waals surface area contributed by atoms with Crippen molar-refractivity contribution in [2.24, 2.45) is 17.6 Å². The zero-order valence-corrected chi connectivity index (χ0v) is 14.6. The van der Waals surface area contributed by atoms with Gasteiger partial charge in [0.05, 0.1) is 0 Å². The van der Waals surface area contributed by atoms with Crippen LogP contribution in [0.2, 0.25) is 0 Å². The molecule has 0 saturated heterocycles. The van der Waals surface area contributed by atoms with E-state index in [-0.39, 0.29) is 6.54 Å². The van der Waals surface area contributed by atoms with Gasteiger partial charge in [0.2, 0.25) is 10.0 Å². The first-order chi connectivity index (χ1) is 9.20. The lowest BCUT2D eigenvalue weighted by molar-refractivity contribution is 0.333. The molecule has 0 bridgehead atoms. The summed E-state index contributed by atoms with van der Waals surface area (Å²) in [6.07, 6.45) is 0. The molecule has 0 aliphatic heterocycles. The predicted molar refractivity (Wildman–Crippen MR) is 85.4 cm³/mol. The Balaban J connectivity index is 3.24. The maximum absolute atomic E-state index is 12.9. The average Bonchev–Trinajstić information content (AvgIpc) is 2.68. The fourth-order valence-electron chi connectivity index (χ4n) is 2.19. The molecule has 4 nitrogen and oxygen atoms in total. The first-order valence-corrected chi connectivity index (χ1v) is 9.29. The van der Waals surface area contributed by atoms with Crippen molar-refractivity contribution in [3.8, 4) is 0 Å². The minimum absolute atomic E-state index is 0.268. The van der Waals surface area contributed by atoms with E-state index in [9.17, 15) is 8.42 Å². The van der Waals surface area contributed by atoms with Crippen molar-refractivity contribution in [3.05, 3.63) is 15.8 Å². The maximum Gasteiger partial charge on any atom is 0.244 e. The molecule has 0 aliphatic carbocycles. The largest absolute Gasteiger partial charge is 0.326 e. The van der Waals surface area contributed by atoms with E-state index in [0.717, 1.165) is 10.4 Å². The highest BCUT2D eigenvalue weighted by atomic mass is 32.2. The van der Waals surface area contributed by atoms with Crippen molar-refractivity contribution in [3.63, 3.8) is 0 Å². The van der Waals surface area contributed by atoms with Gasteiger partial charge in [-0.3, -0.25) is 0 Å². The first kappa shape index (κ1) is 17.6. The van der Waals surface area contributed by atoms with Gasteiger partial charge in [-0.25, -0.2) is 8.42 Å². The second kappa shape index (κ2) is 7.02. The minimum Gasteiger partial charge on any atom is -0.326 e. The van der Waals surface area contributed by atoms with Gasteiger partial charge in [0.15, 0.2) is 0 Å². The zero-order valence-electron chi connectivity index (χ0n) is 13.0. The van der Waals surface area contributed by atoms with Crippen LogP contribution in [-0.4, -0.2) is 25.8 Å². The van der Waals surface area contributed by atoms with Crippen LogP contribution >= 0.6 is 11.3 Å². The van der Waals surface area contributed by atoms with Crippen LogP contribution < -0.4 is 5.73 Å². The van der Waals surface area contributed by atoms with Gasteiger partial charge in [0.1, 0.15) is 4.90 Å². The second-order valence-corrected chi connectivity index (χ2v) is 8.82. The Morgan fingerprint density at radius 2 is 1.70 bits per heavy atom. The van der Waals surface area contributed by atoms with E-state index in [0.29, 0.717) is 29.8 Å². The smallest absolute Gasteiger partial charge is 0.244 e. The summed E-state index contributed by atoms with van der Waals surface area (Å²) in [4.78, 5) is 1.17. The van der Waals surface area contributed by atoms with Gasteiger partial charge in [0, 0.05) is 24.5 Å². The summed E-state index contributed by atoms with van der Waals surface area (Å²) in [5.74, 6) is 0.590. The molecule has 1 heterocycles. The van der Waals surface area contributed by atoms with Crippen LogP contribution in [0.4, 0.5) is 0 Å². The van der Waals surface area contributed by atoms with Crippen LogP contribution in [-0.2, 0) is 16.6 Å². The van der Waals surface area contributed by atoms with Gasteiger partial charge in [-0.2, -0.15) is 4.31 Å². The van der Waals surface area contributed by atoms with Crippen molar-refractivity contribution in [1.29, 1.82) is 0 Å². The summed E-state index contributed by atoms with van der Waals surface area (Å²) in [5, 5.41) is 1.87. The molecule has 0 unspecified atom stereocenters. The summed E-state index contributed by atoms with van der Waals surface area (Å²) in [5.41, 5.74) is 6.49. The van der Waals surface area contributed by atoms with Gasteiger partial charge in [0.25, 0.3) is 0 Å². The summed E-state index contributed by atoms with van der Waals surface area (Å²) in [6, 6.07) is 0. The molecule has 0 saturated carbocycles. The molecule has 0 atom stereocenters. The molecule has 0 aromatic carbocycles. The third-order valence-electron chi connectivity index (χ3n) is 2.91. The van der Waals surface area contributed by atoms with Crippen LogP contribution in [0.25, 0.3) is 0 Å². The van der Waals surface area contributed by atoms with Gasteiger partial charge < -0.3 is 5.73 Å². The lowest BCUT2D eigenvalue weighted by atomic mass is 10.2. The number of hydrogen-bond donors (Lipinski definition) is 1. The minimum atomic E-state index is -3.46. The Hall–Kier alpha value is -0.430. The van der Waals surface area contributed by atoms with E-state index >= 15 is 0 Å². The monoisotopic (exact) mass is 318 g/mol. The summed E-state index contributed by atoms with van der Waals surface area (Å²) in [7, 11) is -3.46. The molecule has 116 valence electrons. The molecular formula is C14H26N2O2S2. The molecule has 2 N–H and O–H groups in total. The Bertz CT molecular complexity index is 523. The SMILES string of the molecule is Cc1csc(CN)c1S(=O)(=O)N(CC(C)C)CC(C)C. The number of sulfonamides is 1. The number of rotatable bonds is 7. The third-order valence-corrected chi connectivity index (χ3v) is 6.23. The lowest BCUT2D eigenvalue weighted by Crippen LogP contribution is -2.37. The number of aryl methyl sites for hydroxylation is 1. The molecular weight excluding hydrogens is 292 g/mol. The maximum atomic E-state index is 12.9. The van der Waals surface area contributed by atoms with E-state index in [4.69, 9.17) is 5.73 Å². The highest BCUT2D eigenvalue weighted by Gasteiger charge is 2.30. The number of hydrogen-bond acceptors (Lipinski definition) is 4. The Kier molecular flexibility index (Phi) is 6.19. The highest BCUT2D eigenvalue weighted by Crippen LogP contribution is 2.30. The zero-order chi connectivity index (χ0) is 15.5. The molecule has 0 fully saturated rings. The van der Waals surface area contributed by atoms with E-state index < -0.39 is 10.0 Å². The fourth-order valence-corrected chi connectivity index (χ4v) is 5.61. The number of nitrogens with zero attached hydrogens (tertiary/aromatic N) is 1. The molecule has 1 rings (SSSR count). The molecule has 0 amide bonds. The van der Waals surface area contributed by atoms with Gasteiger partial charge in [-0.15, -0.1) is 11.3 Å². The van der Waals surface area contributed by atoms with Crippen LogP contribution in [0.5, 0.6) is 0 Å². The normalized spacial score (nSPS) is 12.8. The standard InChI is InChI=1S/C14H26N2O2S2/c1-10(2)7-16(8-11(3)4)20(17,18)14-12(5)9-19-13(14)6-15/h9-11H,6-8,15H2,1-5H3. The van der Waals surface area contributed by atoms with E-state index in [2.05, 4.69) is 0 Å². The van der Waals surface area contributed by atoms with Crippen LogP contribution in [0, 0.1) is 18.8 Å². The summed E-state index contributed by atoms with van der Waals surface area (Å²) in [6.45, 7) is 11.3. The molecule has 20 heavy (non-hydrogen) atoms. The third kappa shape index (κ3) is 4.04. The van der Waals surface area contributed by atoms with Crippen LogP contribution in [0.3, 0.4) is 0 Å². The molecule has 6 heteroatoms. The van der Waals surface area contributed by atoms with Gasteiger partial charge in [-0.1, -0.05) is 27.7 Å². The molecule has 0 radical (unpaired) electrons. The van der Waals surface area contributed by atoms with Gasteiger partial charge >= 0.3 is 0 Å². The van der Waals surface area contributed by atoms with Crippen molar-refractivity contribution in [2.45, 2.75) is 46.1 Å². The highest BCUT2D eigenvalue weighted by molar-refractivity contribution is 7.89. The first-order valence-electron chi connectivity index (χ1n) is 6.97. The molecule has 0 aliphatic rings. The number of thiophene rings is 1. The Morgan fingerprint density at radius 3 is 2.10 bits per heavy atom. The van der Waals surface area contributed by atoms with Crippen molar-refractivity contribution in [1.82, 2.24) is 4.31 Å². The molecule has 0 spiro atoms. The summed E-state index contributed by atoms with van der Waals surface area (Å²) < 4.78 is 27.5. The van der Waals surface area contributed by atoms with Crippen LogP contribution in [0.15, 0.2) is 10.3 Å². The Morgan fingerprint density at radius 1 is 1.20 bits per heavy atom. The van der Waals surface area contributed by atoms with Crippen LogP contribution in [0.1, 0.15) is 38.1 Å². The van der Waals surface area contributed by atoms with E-state index in [1.807, 2.05) is 40.0 Å². The second-order valence-electron chi connectivity index (χ2n) is 5.98. The van der Waals surface area contributed by atoms with Gasteiger partial charge in [-0.05, 0) is 29.7 Å². The number of nitrogens with two attached hydrogens (primary N) is 1. The quantitative estimate of drug-likeness (QED) is 0.841. The predicted octanol–water partition coefficient (Wildman–Crippen LogP) is 2.82. The Labute approximate surface area is 127 Å². The van der Waals surface area contributed by atoms with Crippen molar-refractivity contribution in [2.75, 3.05) is 13.1 Å². The molecule has 1 aromatic heterocycles. The summed E-state index contributed by atoms with van der Waals surface area (Å²) >= 11 is 1.43. The molecule has 1 aromatic rings. The van der Waals surface area contributed by atoms with Crippen molar-refractivity contribution < 1.29 is 8.42 Å². The van der Waals surface area contributed by atoms with E-state index in [1.165, 1.54) is 11.3 Å². The topological polar surface area (TPSA) is 63.4 Å². The van der Waals surface area contributed by atoms with Crippen molar-refractivity contribution >= 4 is 21.4 Å². The fraction of sp³-hybridized carbons (Fsp3) is 0.714.